The molecule has 0 saturated carbocycles. The van der Waals surface area contributed by atoms with E-state index in [0.717, 1.165) is 12.8 Å². The van der Waals surface area contributed by atoms with E-state index in [9.17, 15) is 10.1 Å². The molecule has 1 N–H and O–H groups in total. The minimum atomic E-state index is -0.442. The van der Waals surface area contributed by atoms with Gasteiger partial charge in [-0.05, 0) is 26.3 Å². The van der Waals surface area contributed by atoms with E-state index in [4.69, 9.17) is 4.42 Å². The highest BCUT2D eigenvalue weighted by atomic mass is 16.6. The monoisotopic (exact) mass is 263 g/mol. The van der Waals surface area contributed by atoms with E-state index in [2.05, 4.69) is 31.1 Å². The van der Waals surface area contributed by atoms with Crippen molar-refractivity contribution in [3.05, 3.63) is 28.3 Å². The summed E-state index contributed by atoms with van der Waals surface area (Å²) in [7, 11) is 0. The molecule has 0 unspecified atom stereocenters. The number of hydrogen-bond acceptors (Lipinski definition) is 5. The quantitative estimate of drug-likeness (QED) is 0.656. The predicted molar refractivity (Wildman–Crippen MR) is 73.3 cm³/mol. The Balaban J connectivity index is 2.29. The van der Waals surface area contributed by atoms with Crippen molar-refractivity contribution in [1.29, 1.82) is 0 Å². The summed E-state index contributed by atoms with van der Waals surface area (Å²) < 4.78 is 5.54. The van der Waals surface area contributed by atoms with Gasteiger partial charge in [-0.15, -0.1) is 0 Å². The number of fused-ring (bicyclic) bond motifs is 1. The smallest absolute Gasteiger partial charge is 0.296 e. The summed E-state index contributed by atoms with van der Waals surface area (Å²) in [4.78, 5) is 14.5. The number of nitro groups is 1. The Kier molecular flexibility index (Phi) is 3.42. The van der Waals surface area contributed by atoms with Crippen molar-refractivity contribution in [2.75, 3.05) is 5.32 Å². The largest absolute Gasteiger partial charge is 0.424 e. The van der Waals surface area contributed by atoms with Gasteiger partial charge in [-0.3, -0.25) is 10.1 Å². The SMILES string of the molecule is CCCC(C)(C)Nc1nc2cc([N+](=O)[O-])ccc2o1. The molecule has 6 nitrogen and oxygen atoms in total. The minimum Gasteiger partial charge on any atom is -0.424 e. The van der Waals surface area contributed by atoms with Crippen molar-refractivity contribution >= 4 is 22.8 Å². The lowest BCUT2D eigenvalue weighted by atomic mass is 9.99. The van der Waals surface area contributed by atoms with E-state index in [-0.39, 0.29) is 11.2 Å². The van der Waals surface area contributed by atoms with Crippen LogP contribution in [0.15, 0.2) is 22.6 Å². The van der Waals surface area contributed by atoms with Crippen LogP contribution >= 0.6 is 0 Å². The topological polar surface area (TPSA) is 81.2 Å². The first-order chi connectivity index (χ1) is 8.91. The number of benzene rings is 1. The summed E-state index contributed by atoms with van der Waals surface area (Å²) in [5, 5.41) is 13.9. The van der Waals surface area contributed by atoms with Crippen LogP contribution in [-0.4, -0.2) is 15.4 Å². The Labute approximate surface area is 111 Å². The summed E-state index contributed by atoms with van der Waals surface area (Å²) in [6, 6.07) is 4.79. The first kappa shape index (κ1) is 13.3. The molecule has 6 heteroatoms. The molecule has 0 aliphatic carbocycles. The molecule has 102 valence electrons. The maximum atomic E-state index is 10.7. The molecule has 0 aliphatic heterocycles. The van der Waals surface area contributed by atoms with Crippen LogP contribution < -0.4 is 5.32 Å². The first-order valence-corrected chi connectivity index (χ1v) is 6.24. The Morgan fingerprint density at radius 3 is 2.84 bits per heavy atom. The van der Waals surface area contributed by atoms with Gasteiger partial charge in [0.25, 0.3) is 11.7 Å². The molecule has 19 heavy (non-hydrogen) atoms. The second-order valence-corrected chi connectivity index (χ2v) is 5.19. The maximum absolute atomic E-state index is 10.7. The van der Waals surface area contributed by atoms with Gasteiger partial charge in [0.05, 0.1) is 4.92 Å². The fraction of sp³-hybridized carbons (Fsp3) is 0.462. The molecule has 2 aromatic rings. The number of oxazole rings is 1. The summed E-state index contributed by atoms with van der Waals surface area (Å²) in [5.74, 6) is 0. The molecule has 0 atom stereocenters. The first-order valence-electron chi connectivity index (χ1n) is 6.24. The van der Waals surface area contributed by atoms with Gasteiger partial charge in [0.1, 0.15) is 5.52 Å². The number of non-ortho nitro benzene ring substituents is 1. The van der Waals surface area contributed by atoms with Crippen LogP contribution in [0.5, 0.6) is 0 Å². The van der Waals surface area contributed by atoms with Gasteiger partial charge in [-0.1, -0.05) is 13.3 Å². The third-order valence-electron chi connectivity index (χ3n) is 2.90. The minimum absolute atomic E-state index is 0.0140. The van der Waals surface area contributed by atoms with Crippen molar-refractivity contribution < 1.29 is 9.34 Å². The van der Waals surface area contributed by atoms with Gasteiger partial charge in [0.15, 0.2) is 5.58 Å². The molecular formula is C13H17N3O3. The molecule has 0 radical (unpaired) electrons. The molecule has 1 aromatic heterocycles. The number of nitrogens with zero attached hydrogens (tertiary/aromatic N) is 2. The Morgan fingerprint density at radius 1 is 1.47 bits per heavy atom. The number of anilines is 1. The Morgan fingerprint density at radius 2 is 2.21 bits per heavy atom. The molecule has 1 heterocycles. The number of hydrogen-bond donors (Lipinski definition) is 1. The lowest BCUT2D eigenvalue weighted by Gasteiger charge is -2.24. The van der Waals surface area contributed by atoms with Crippen molar-refractivity contribution in [2.45, 2.75) is 39.2 Å². The summed E-state index contributed by atoms with van der Waals surface area (Å²) in [6.45, 7) is 6.24. The highest BCUT2D eigenvalue weighted by Gasteiger charge is 2.19. The van der Waals surface area contributed by atoms with E-state index < -0.39 is 4.92 Å². The van der Waals surface area contributed by atoms with Crippen LogP contribution in [0.25, 0.3) is 11.1 Å². The molecule has 0 spiro atoms. The predicted octanol–water partition coefficient (Wildman–Crippen LogP) is 3.73. The number of nitrogens with one attached hydrogen (secondary N) is 1. The van der Waals surface area contributed by atoms with Crippen molar-refractivity contribution in [3.63, 3.8) is 0 Å². The van der Waals surface area contributed by atoms with Crippen LogP contribution in [0.2, 0.25) is 0 Å². The van der Waals surface area contributed by atoms with Crippen molar-refractivity contribution in [3.8, 4) is 0 Å². The maximum Gasteiger partial charge on any atom is 0.296 e. The van der Waals surface area contributed by atoms with Gasteiger partial charge in [0, 0.05) is 17.7 Å². The molecule has 0 aliphatic rings. The summed E-state index contributed by atoms with van der Waals surface area (Å²) in [6.07, 6.45) is 2.03. The van der Waals surface area contributed by atoms with Crippen LogP contribution in [0.4, 0.5) is 11.7 Å². The number of nitro benzene ring substituents is 1. The highest BCUT2D eigenvalue weighted by Crippen LogP contribution is 2.26. The molecular weight excluding hydrogens is 246 g/mol. The zero-order valence-electron chi connectivity index (χ0n) is 11.3. The lowest BCUT2D eigenvalue weighted by molar-refractivity contribution is -0.384. The highest BCUT2D eigenvalue weighted by molar-refractivity contribution is 5.77. The molecule has 0 bridgehead atoms. The van der Waals surface area contributed by atoms with Gasteiger partial charge in [-0.2, -0.15) is 4.98 Å². The molecule has 0 fully saturated rings. The van der Waals surface area contributed by atoms with E-state index in [1.165, 1.54) is 12.1 Å². The van der Waals surface area contributed by atoms with Gasteiger partial charge >= 0.3 is 0 Å². The zero-order valence-corrected chi connectivity index (χ0v) is 11.3. The number of aromatic nitrogens is 1. The third-order valence-corrected chi connectivity index (χ3v) is 2.90. The third kappa shape index (κ3) is 3.01. The Hall–Kier alpha value is -2.11. The normalized spacial score (nSPS) is 11.7. The number of rotatable bonds is 5. The van der Waals surface area contributed by atoms with E-state index in [1.54, 1.807) is 6.07 Å². The average molecular weight is 263 g/mol. The standard InChI is InChI=1S/C13H17N3O3/c1-4-7-13(2,3)15-12-14-10-8-9(16(17)18)5-6-11(10)19-12/h5-6,8H,4,7H2,1-3H3,(H,14,15). The molecule has 0 saturated heterocycles. The molecule has 1 aromatic carbocycles. The van der Waals surface area contributed by atoms with E-state index in [1.807, 2.05) is 0 Å². The van der Waals surface area contributed by atoms with Gasteiger partial charge in [0.2, 0.25) is 0 Å². The fourth-order valence-electron chi connectivity index (χ4n) is 2.06. The fourth-order valence-corrected chi connectivity index (χ4v) is 2.06. The molecule has 2 rings (SSSR count). The summed E-state index contributed by atoms with van der Waals surface area (Å²) in [5.41, 5.74) is 0.922. The van der Waals surface area contributed by atoms with Crippen molar-refractivity contribution in [2.24, 2.45) is 0 Å². The van der Waals surface area contributed by atoms with Crippen molar-refractivity contribution in [1.82, 2.24) is 4.98 Å². The average Bonchev–Trinajstić information content (AvgIpc) is 2.68. The molecule has 0 amide bonds. The van der Waals surface area contributed by atoms with E-state index >= 15 is 0 Å². The van der Waals surface area contributed by atoms with Crippen LogP contribution in [0.1, 0.15) is 33.6 Å². The van der Waals surface area contributed by atoms with E-state index in [0.29, 0.717) is 17.1 Å². The Bertz CT molecular complexity index is 604. The van der Waals surface area contributed by atoms with Crippen LogP contribution in [0, 0.1) is 10.1 Å². The second-order valence-electron chi connectivity index (χ2n) is 5.19. The van der Waals surface area contributed by atoms with Crippen LogP contribution in [-0.2, 0) is 0 Å². The zero-order chi connectivity index (χ0) is 14.0. The summed E-state index contributed by atoms with van der Waals surface area (Å²) >= 11 is 0. The van der Waals surface area contributed by atoms with Gasteiger partial charge in [-0.25, -0.2) is 0 Å². The second kappa shape index (κ2) is 4.87. The van der Waals surface area contributed by atoms with Gasteiger partial charge < -0.3 is 9.73 Å². The van der Waals surface area contributed by atoms with Crippen LogP contribution in [0.3, 0.4) is 0 Å². The lowest BCUT2D eigenvalue weighted by Crippen LogP contribution is -2.30.